The second-order valence-electron chi connectivity index (χ2n) is 6.65. The highest BCUT2D eigenvalue weighted by Crippen LogP contribution is 2.28. The van der Waals surface area contributed by atoms with Crippen LogP contribution in [0.1, 0.15) is 28.9 Å². The molecular formula is C22H18Cl2N4O. The van der Waals surface area contributed by atoms with Crippen molar-refractivity contribution < 1.29 is 4.79 Å². The average molecular weight is 425 g/mol. The zero-order valence-corrected chi connectivity index (χ0v) is 17.1. The van der Waals surface area contributed by atoms with Crippen molar-refractivity contribution >= 4 is 29.1 Å². The van der Waals surface area contributed by atoms with Crippen LogP contribution in [0.5, 0.6) is 0 Å². The van der Waals surface area contributed by atoms with Gasteiger partial charge in [-0.15, -0.1) is 0 Å². The number of hydrogen-bond donors (Lipinski definition) is 2. The van der Waals surface area contributed by atoms with Gasteiger partial charge in [-0.25, -0.2) is 4.68 Å². The molecule has 5 nitrogen and oxygen atoms in total. The van der Waals surface area contributed by atoms with Crippen molar-refractivity contribution in [3.05, 3.63) is 94.5 Å². The zero-order chi connectivity index (χ0) is 20.4. The Hall–Kier alpha value is -3.02. The summed E-state index contributed by atoms with van der Waals surface area (Å²) in [4.78, 5) is 15.9. The van der Waals surface area contributed by atoms with Gasteiger partial charge >= 0.3 is 0 Å². The molecule has 0 spiro atoms. The number of aromatic nitrogens is 3. The molecule has 2 aromatic heterocycles. The number of rotatable bonds is 5. The van der Waals surface area contributed by atoms with E-state index in [2.05, 4.69) is 15.4 Å². The molecule has 0 aliphatic rings. The van der Waals surface area contributed by atoms with E-state index in [0.29, 0.717) is 15.6 Å². The summed E-state index contributed by atoms with van der Waals surface area (Å²) in [7, 11) is 0. The maximum absolute atomic E-state index is 12.9. The first-order valence-electron chi connectivity index (χ1n) is 9.06. The first-order valence-corrected chi connectivity index (χ1v) is 9.81. The van der Waals surface area contributed by atoms with Crippen molar-refractivity contribution in [3.63, 3.8) is 0 Å². The average Bonchev–Trinajstić information content (AvgIpc) is 3.38. The van der Waals surface area contributed by atoms with Crippen molar-refractivity contribution in [2.45, 2.75) is 13.0 Å². The van der Waals surface area contributed by atoms with Gasteiger partial charge in [0, 0.05) is 39.8 Å². The second kappa shape index (κ2) is 8.15. The highest BCUT2D eigenvalue weighted by Gasteiger charge is 2.19. The topological polar surface area (TPSA) is 62.7 Å². The van der Waals surface area contributed by atoms with Crippen LogP contribution in [0.15, 0.2) is 73.3 Å². The molecule has 2 aromatic carbocycles. The van der Waals surface area contributed by atoms with Gasteiger partial charge in [-0.05, 0) is 36.8 Å². The molecule has 0 saturated carbocycles. The molecule has 1 atom stereocenters. The molecule has 146 valence electrons. The Kier molecular flexibility index (Phi) is 5.43. The lowest BCUT2D eigenvalue weighted by atomic mass is 10.1. The molecule has 0 aliphatic heterocycles. The normalized spacial score (nSPS) is 12.0. The minimum Gasteiger partial charge on any atom is -0.366 e. The van der Waals surface area contributed by atoms with Gasteiger partial charge in [-0.1, -0.05) is 47.5 Å². The highest BCUT2D eigenvalue weighted by atomic mass is 35.5. The van der Waals surface area contributed by atoms with E-state index in [1.54, 1.807) is 35.4 Å². The molecule has 29 heavy (non-hydrogen) atoms. The highest BCUT2D eigenvalue weighted by molar-refractivity contribution is 6.35. The molecule has 2 N–H and O–H groups in total. The van der Waals surface area contributed by atoms with Crippen LogP contribution in [-0.4, -0.2) is 20.7 Å². The molecule has 0 aliphatic carbocycles. The molecule has 0 saturated heterocycles. The SMILES string of the molecule is CC(NC(=O)c1c[nH]cc1-c1cnn(-c2ccccc2)c1)c1ccc(Cl)cc1Cl. The number of nitrogens with zero attached hydrogens (tertiary/aromatic N) is 2. The summed E-state index contributed by atoms with van der Waals surface area (Å²) in [5.41, 5.74) is 3.91. The molecule has 2 heterocycles. The lowest BCUT2D eigenvalue weighted by molar-refractivity contribution is 0.0940. The van der Waals surface area contributed by atoms with E-state index in [1.165, 1.54) is 0 Å². The van der Waals surface area contributed by atoms with Gasteiger partial charge < -0.3 is 10.3 Å². The number of H-pyrrole nitrogens is 1. The molecule has 0 radical (unpaired) electrons. The standard InChI is InChI=1S/C22H18Cl2N4O/c1-14(18-8-7-16(23)9-21(18)24)27-22(29)20-12-25-11-19(20)15-10-26-28(13-15)17-5-3-2-4-6-17/h2-14,25H,1H3,(H,27,29). The Morgan fingerprint density at radius 1 is 1.14 bits per heavy atom. The van der Waals surface area contributed by atoms with E-state index in [4.69, 9.17) is 23.2 Å². The molecule has 4 rings (SSSR count). The largest absolute Gasteiger partial charge is 0.366 e. The molecule has 1 unspecified atom stereocenters. The fourth-order valence-corrected chi connectivity index (χ4v) is 3.75. The van der Waals surface area contributed by atoms with Gasteiger partial charge in [0.1, 0.15) is 0 Å². The Morgan fingerprint density at radius 2 is 1.93 bits per heavy atom. The monoisotopic (exact) mass is 424 g/mol. The molecule has 1 amide bonds. The lowest BCUT2D eigenvalue weighted by Gasteiger charge is -2.16. The number of carbonyl (C=O) groups is 1. The van der Waals surface area contributed by atoms with Crippen molar-refractivity contribution in [2.24, 2.45) is 0 Å². The first kappa shape index (κ1) is 19.3. The molecular weight excluding hydrogens is 407 g/mol. The lowest BCUT2D eigenvalue weighted by Crippen LogP contribution is -2.26. The van der Waals surface area contributed by atoms with E-state index >= 15 is 0 Å². The Balaban J connectivity index is 1.56. The Labute approximate surface area is 178 Å². The van der Waals surface area contributed by atoms with Gasteiger partial charge in [0.05, 0.1) is 23.5 Å². The van der Waals surface area contributed by atoms with Crippen LogP contribution in [0.3, 0.4) is 0 Å². The van der Waals surface area contributed by atoms with Crippen LogP contribution in [0, 0.1) is 0 Å². The van der Waals surface area contributed by atoms with E-state index in [1.807, 2.05) is 49.5 Å². The van der Waals surface area contributed by atoms with Crippen molar-refractivity contribution in [3.8, 4) is 16.8 Å². The maximum atomic E-state index is 12.9. The molecule has 0 bridgehead atoms. The van der Waals surface area contributed by atoms with Crippen LogP contribution in [0.2, 0.25) is 10.0 Å². The van der Waals surface area contributed by atoms with Crippen LogP contribution in [0.25, 0.3) is 16.8 Å². The number of hydrogen-bond acceptors (Lipinski definition) is 2. The summed E-state index contributed by atoms with van der Waals surface area (Å²) in [6.07, 6.45) is 7.11. The molecule has 4 aromatic rings. The summed E-state index contributed by atoms with van der Waals surface area (Å²) < 4.78 is 1.78. The number of carbonyl (C=O) groups excluding carboxylic acids is 1. The van der Waals surface area contributed by atoms with Crippen LogP contribution < -0.4 is 5.32 Å². The van der Waals surface area contributed by atoms with Crippen molar-refractivity contribution in [1.29, 1.82) is 0 Å². The van der Waals surface area contributed by atoms with Crippen LogP contribution in [0.4, 0.5) is 0 Å². The van der Waals surface area contributed by atoms with Gasteiger partial charge in [0.25, 0.3) is 5.91 Å². The fraction of sp³-hybridized carbons (Fsp3) is 0.0909. The van der Waals surface area contributed by atoms with Crippen LogP contribution >= 0.6 is 23.2 Å². The molecule has 0 fully saturated rings. The Morgan fingerprint density at radius 3 is 2.69 bits per heavy atom. The maximum Gasteiger partial charge on any atom is 0.253 e. The quantitative estimate of drug-likeness (QED) is 0.433. The van der Waals surface area contributed by atoms with E-state index in [0.717, 1.165) is 22.4 Å². The third kappa shape index (κ3) is 4.06. The van der Waals surface area contributed by atoms with Gasteiger partial charge in [-0.3, -0.25) is 4.79 Å². The zero-order valence-electron chi connectivity index (χ0n) is 15.6. The first-order chi connectivity index (χ1) is 14.0. The number of halogens is 2. The predicted molar refractivity (Wildman–Crippen MR) is 116 cm³/mol. The second-order valence-corrected chi connectivity index (χ2v) is 7.50. The number of benzene rings is 2. The van der Waals surface area contributed by atoms with E-state index < -0.39 is 0 Å². The molecule has 7 heteroatoms. The van der Waals surface area contributed by atoms with E-state index in [-0.39, 0.29) is 11.9 Å². The van der Waals surface area contributed by atoms with Crippen LogP contribution in [-0.2, 0) is 0 Å². The van der Waals surface area contributed by atoms with Crippen molar-refractivity contribution in [2.75, 3.05) is 0 Å². The Bertz CT molecular complexity index is 1150. The van der Waals surface area contributed by atoms with Gasteiger partial charge in [-0.2, -0.15) is 5.10 Å². The van der Waals surface area contributed by atoms with E-state index in [9.17, 15) is 4.79 Å². The fourth-order valence-electron chi connectivity index (χ4n) is 3.18. The number of amides is 1. The summed E-state index contributed by atoms with van der Waals surface area (Å²) in [5, 5.41) is 8.48. The smallest absolute Gasteiger partial charge is 0.253 e. The minimum absolute atomic E-state index is 0.202. The summed E-state index contributed by atoms with van der Waals surface area (Å²) in [5.74, 6) is -0.202. The van der Waals surface area contributed by atoms with Gasteiger partial charge in [0.15, 0.2) is 0 Å². The summed E-state index contributed by atoms with van der Waals surface area (Å²) >= 11 is 12.2. The summed E-state index contributed by atoms with van der Waals surface area (Å²) in [6, 6.07) is 14.8. The predicted octanol–water partition coefficient (Wildman–Crippen LogP) is 5.67. The minimum atomic E-state index is -0.276. The number of para-hydroxylation sites is 1. The third-order valence-electron chi connectivity index (χ3n) is 4.68. The number of aromatic amines is 1. The number of nitrogens with one attached hydrogen (secondary N) is 2. The summed E-state index contributed by atoms with van der Waals surface area (Å²) in [6.45, 7) is 1.88. The van der Waals surface area contributed by atoms with Crippen molar-refractivity contribution in [1.82, 2.24) is 20.1 Å². The third-order valence-corrected chi connectivity index (χ3v) is 5.24. The van der Waals surface area contributed by atoms with Gasteiger partial charge in [0.2, 0.25) is 0 Å².